The molecule has 0 aliphatic heterocycles. The van der Waals surface area contributed by atoms with Crippen LogP contribution in [0.25, 0.3) is 11.4 Å². The predicted octanol–water partition coefficient (Wildman–Crippen LogP) is 3.45. The van der Waals surface area contributed by atoms with Gasteiger partial charge in [-0.25, -0.2) is 8.78 Å². The summed E-state index contributed by atoms with van der Waals surface area (Å²) in [6.45, 7) is 1.97. The third-order valence-electron chi connectivity index (χ3n) is 2.77. The molecule has 1 atom stereocenters. The number of nitrogens with zero attached hydrogens (tertiary/aromatic N) is 2. The third kappa shape index (κ3) is 2.66. The van der Waals surface area contributed by atoms with Gasteiger partial charge in [-0.05, 0) is 41.5 Å². The summed E-state index contributed by atoms with van der Waals surface area (Å²) in [7, 11) is 1.78. The maximum Gasteiger partial charge on any atom is 0.244 e. The zero-order valence-electron chi connectivity index (χ0n) is 10.4. The van der Waals surface area contributed by atoms with E-state index >= 15 is 0 Å². The van der Waals surface area contributed by atoms with Crippen molar-refractivity contribution in [3.63, 3.8) is 0 Å². The quantitative estimate of drug-likeness (QED) is 0.872. The highest BCUT2D eigenvalue weighted by atomic mass is 79.9. The van der Waals surface area contributed by atoms with Gasteiger partial charge in [-0.15, -0.1) is 0 Å². The van der Waals surface area contributed by atoms with Crippen LogP contribution in [0.5, 0.6) is 0 Å². The lowest BCUT2D eigenvalue weighted by molar-refractivity contribution is 0.334. The van der Waals surface area contributed by atoms with Gasteiger partial charge in [0.1, 0.15) is 0 Å². The fourth-order valence-corrected chi connectivity index (χ4v) is 2.19. The molecule has 0 aliphatic carbocycles. The first-order valence-corrected chi connectivity index (χ1v) is 6.52. The van der Waals surface area contributed by atoms with Gasteiger partial charge in [0.05, 0.1) is 10.5 Å². The average molecular weight is 332 g/mol. The minimum atomic E-state index is -0.968. The summed E-state index contributed by atoms with van der Waals surface area (Å²) in [6.07, 6.45) is 0.775. The monoisotopic (exact) mass is 331 g/mol. The molecule has 7 heteroatoms. The van der Waals surface area contributed by atoms with E-state index < -0.39 is 11.6 Å². The molecule has 1 N–H and O–H groups in total. The fourth-order valence-electron chi connectivity index (χ4n) is 1.69. The number of halogens is 3. The molecule has 1 heterocycles. The SMILES string of the molecule is CCC(NC)c1nc(-c2ccc(F)c(F)c2Br)no1. The second kappa shape index (κ2) is 5.75. The van der Waals surface area contributed by atoms with Gasteiger partial charge in [0.25, 0.3) is 0 Å². The Labute approximate surface area is 117 Å². The van der Waals surface area contributed by atoms with Crippen LogP contribution in [0.3, 0.4) is 0 Å². The molecule has 1 unspecified atom stereocenters. The van der Waals surface area contributed by atoms with E-state index in [1.54, 1.807) is 7.05 Å². The van der Waals surface area contributed by atoms with Gasteiger partial charge in [0.15, 0.2) is 11.6 Å². The van der Waals surface area contributed by atoms with Gasteiger partial charge in [-0.3, -0.25) is 0 Å². The smallest absolute Gasteiger partial charge is 0.244 e. The number of aromatic nitrogens is 2. The molecular formula is C12H12BrF2N3O. The van der Waals surface area contributed by atoms with E-state index in [1.807, 2.05) is 6.92 Å². The molecule has 2 rings (SSSR count). The molecule has 1 aromatic heterocycles. The molecule has 0 fully saturated rings. The normalized spacial score (nSPS) is 12.7. The number of nitrogens with one attached hydrogen (secondary N) is 1. The molecule has 0 saturated carbocycles. The van der Waals surface area contributed by atoms with Gasteiger partial charge >= 0.3 is 0 Å². The summed E-state index contributed by atoms with van der Waals surface area (Å²) >= 11 is 3.00. The largest absolute Gasteiger partial charge is 0.337 e. The summed E-state index contributed by atoms with van der Waals surface area (Å²) in [6, 6.07) is 2.36. The first-order valence-electron chi connectivity index (χ1n) is 5.73. The van der Waals surface area contributed by atoms with Crippen LogP contribution in [0.1, 0.15) is 25.3 Å². The second-order valence-corrected chi connectivity index (χ2v) is 4.72. The molecule has 102 valence electrons. The van der Waals surface area contributed by atoms with Gasteiger partial charge in [0, 0.05) is 5.56 Å². The Morgan fingerprint density at radius 2 is 2.16 bits per heavy atom. The van der Waals surface area contributed by atoms with Crippen LogP contribution in [-0.4, -0.2) is 17.2 Å². The van der Waals surface area contributed by atoms with E-state index in [4.69, 9.17) is 4.52 Å². The Balaban J connectivity index is 2.41. The van der Waals surface area contributed by atoms with Crippen molar-refractivity contribution in [1.29, 1.82) is 0 Å². The lowest BCUT2D eigenvalue weighted by Gasteiger charge is -2.06. The van der Waals surface area contributed by atoms with Crippen molar-refractivity contribution in [3.05, 3.63) is 34.1 Å². The van der Waals surface area contributed by atoms with Crippen molar-refractivity contribution in [2.75, 3.05) is 7.05 Å². The summed E-state index contributed by atoms with van der Waals surface area (Å²) in [4.78, 5) is 4.19. The molecular weight excluding hydrogens is 320 g/mol. The summed E-state index contributed by atoms with van der Waals surface area (Å²) in [5, 5.41) is 6.82. The number of hydrogen-bond acceptors (Lipinski definition) is 4. The molecule has 0 bridgehead atoms. The van der Waals surface area contributed by atoms with E-state index in [-0.39, 0.29) is 16.3 Å². The number of benzene rings is 1. The Bertz CT molecular complexity index is 584. The Hall–Kier alpha value is -1.34. The summed E-state index contributed by atoms with van der Waals surface area (Å²) in [5.74, 6) is -1.27. The van der Waals surface area contributed by atoms with Gasteiger partial charge in [-0.1, -0.05) is 12.1 Å². The maximum absolute atomic E-state index is 13.5. The topological polar surface area (TPSA) is 51.0 Å². The zero-order chi connectivity index (χ0) is 14.0. The molecule has 19 heavy (non-hydrogen) atoms. The highest BCUT2D eigenvalue weighted by molar-refractivity contribution is 9.10. The summed E-state index contributed by atoms with van der Waals surface area (Å²) in [5.41, 5.74) is 0.347. The maximum atomic E-state index is 13.5. The second-order valence-electron chi connectivity index (χ2n) is 3.93. The average Bonchev–Trinajstić information content (AvgIpc) is 2.87. The molecule has 0 spiro atoms. The predicted molar refractivity (Wildman–Crippen MR) is 69.4 cm³/mol. The zero-order valence-corrected chi connectivity index (χ0v) is 12.0. The van der Waals surface area contributed by atoms with E-state index in [0.29, 0.717) is 11.5 Å². The van der Waals surface area contributed by atoms with Gasteiger partial charge < -0.3 is 9.84 Å². The van der Waals surface area contributed by atoms with Crippen LogP contribution < -0.4 is 5.32 Å². The molecule has 0 radical (unpaired) electrons. The van der Waals surface area contributed by atoms with Crippen LogP contribution >= 0.6 is 15.9 Å². The minimum Gasteiger partial charge on any atom is -0.337 e. The van der Waals surface area contributed by atoms with E-state index in [9.17, 15) is 8.78 Å². The van der Waals surface area contributed by atoms with Crippen molar-refractivity contribution in [3.8, 4) is 11.4 Å². The van der Waals surface area contributed by atoms with Crippen molar-refractivity contribution < 1.29 is 13.3 Å². The highest BCUT2D eigenvalue weighted by Gasteiger charge is 2.19. The van der Waals surface area contributed by atoms with Crippen molar-refractivity contribution in [1.82, 2.24) is 15.5 Å². The molecule has 0 saturated heterocycles. The third-order valence-corrected chi connectivity index (χ3v) is 3.55. The standard InChI is InChI=1S/C12H12BrF2N3O/c1-3-8(16-2)12-17-11(18-19-12)6-4-5-7(14)10(15)9(6)13/h4-5,8,16H,3H2,1-2H3. The van der Waals surface area contributed by atoms with E-state index in [0.717, 1.165) is 12.5 Å². The van der Waals surface area contributed by atoms with Crippen molar-refractivity contribution >= 4 is 15.9 Å². The molecule has 4 nitrogen and oxygen atoms in total. The van der Waals surface area contributed by atoms with E-state index in [1.165, 1.54) is 6.07 Å². The van der Waals surface area contributed by atoms with Crippen LogP contribution in [0.4, 0.5) is 8.78 Å². The summed E-state index contributed by atoms with van der Waals surface area (Å²) < 4.78 is 31.6. The molecule has 1 aromatic carbocycles. The highest BCUT2D eigenvalue weighted by Crippen LogP contribution is 2.30. The Morgan fingerprint density at radius 1 is 1.42 bits per heavy atom. The fraction of sp³-hybridized carbons (Fsp3) is 0.333. The molecule has 2 aromatic rings. The molecule has 0 aliphatic rings. The van der Waals surface area contributed by atoms with E-state index in [2.05, 4.69) is 31.4 Å². The first kappa shape index (κ1) is 14.1. The number of hydrogen-bond donors (Lipinski definition) is 1. The van der Waals surface area contributed by atoms with Gasteiger partial charge in [0.2, 0.25) is 11.7 Å². The van der Waals surface area contributed by atoms with Crippen molar-refractivity contribution in [2.24, 2.45) is 0 Å². The Morgan fingerprint density at radius 3 is 2.79 bits per heavy atom. The van der Waals surface area contributed by atoms with Crippen LogP contribution in [0, 0.1) is 11.6 Å². The molecule has 0 amide bonds. The lowest BCUT2D eigenvalue weighted by Crippen LogP contribution is -2.15. The number of rotatable bonds is 4. The van der Waals surface area contributed by atoms with Gasteiger partial charge in [-0.2, -0.15) is 4.98 Å². The van der Waals surface area contributed by atoms with Crippen molar-refractivity contribution in [2.45, 2.75) is 19.4 Å². The Kier molecular flexibility index (Phi) is 4.26. The first-order chi connectivity index (χ1) is 9.08. The van der Waals surface area contributed by atoms with Crippen LogP contribution in [0.15, 0.2) is 21.1 Å². The van der Waals surface area contributed by atoms with Crippen LogP contribution in [-0.2, 0) is 0 Å². The lowest BCUT2D eigenvalue weighted by atomic mass is 10.2. The minimum absolute atomic E-state index is 0.0163. The van der Waals surface area contributed by atoms with Crippen LogP contribution in [0.2, 0.25) is 0 Å².